The first-order chi connectivity index (χ1) is 2.64. The Hall–Kier alpha value is 0.180. The lowest BCUT2D eigenvalue weighted by Crippen LogP contribution is -1.69. The van der Waals surface area contributed by atoms with E-state index in [0.29, 0.717) is 0 Å². The normalized spacial score (nSPS) is 13.7. The van der Waals surface area contributed by atoms with Gasteiger partial charge in [-0.3, -0.25) is 0 Å². The molecular formula is C4H6S2-2. The molecule has 0 unspecified atom stereocenters. The molecule has 0 aliphatic rings. The van der Waals surface area contributed by atoms with Gasteiger partial charge >= 0.3 is 0 Å². The number of rotatable bonds is 0. The van der Waals surface area contributed by atoms with E-state index in [2.05, 4.69) is 25.3 Å². The molecule has 0 fully saturated rings. The smallest absolute Gasteiger partial charge is 0.0665 e. The van der Waals surface area contributed by atoms with Gasteiger partial charge in [-0.25, -0.2) is 9.81 Å². The second kappa shape index (κ2) is 2.37. The van der Waals surface area contributed by atoms with E-state index in [4.69, 9.17) is 0 Å². The zero-order chi connectivity index (χ0) is 5.15. The van der Waals surface area contributed by atoms with Crippen molar-refractivity contribution in [1.29, 1.82) is 0 Å². The third-order valence-electron chi connectivity index (χ3n) is 0.496. The molecule has 0 aliphatic carbocycles. The first-order valence-electron chi connectivity index (χ1n) is 1.66. The molecule has 0 aliphatic heterocycles. The van der Waals surface area contributed by atoms with Gasteiger partial charge in [0.15, 0.2) is 0 Å². The van der Waals surface area contributed by atoms with Crippen LogP contribution < -0.4 is 0 Å². The minimum absolute atomic E-state index is 0.824. The summed E-state index contributed by atoms with van der Waals surface area (Å²) in [5, 5.41) is 0. The van der Waals surface area contributed by atoms with Crippen LogP contribution in [0.25, 0.3) is 0 Å². The van der Waals surface area contributed by atoms with Gasteiger partial charge in [0.05, 0.1) is 0 Å². The fourth-order valence-corrected chi connectivity index (χ4v) is 0. The lowest BCUT2D eigenvalue weighted by Gasteiger charge is -2.15. The van der Waals surface area contributed by atoms with Crippen LogP contribution in [0, 0.1) is 0 Å². The first-order valence-corrected chi connectivity index (χ1v) is 2.47. The summed E-state index contributed by atoms with van der Waals surface area (Å²) in [7, 11) is 0. The quantitative estimate of drug-likeness (QED) is 0.440. The zero-order valence-corrected chi connectivity index (χ0v) is 5.45. The van der Waals surface area contributed by atoms with Crippen molar-refractivity contribution in [2.45, 2.75) is 13.8 Å². The van der Waals surface area contributed by atoms with Gasteiger partial charge in [-0.2, -0.15) is 0 Å². The second-order valence-electron chi connectivity index (χ2n) is 1.11. The van der Waals surface area contributed by atoms with Gasteiger partial charge in [-0.05, 0) is 0 Å². The van der Waals surface area contributed by atoms with Crippen molar-refractivity contribution in [2.24, 2.45) is 0 Å². The topological polar surface area (TPSA) is 0 Å². The van der Waals surface area contributed by atoms with Gasteiger partial charge in [-0.15, -0.1) is 0 Å². The van der Waals surface area contributed by atoms with Gasteiger partial charge in [0, 0.05) is 0 Å². The molecular weight excluding hydrogens is 112 g/mol. The Labute approximate surface area is 49.5 Å². The van der Waals surface area contributed by atoms with Crippen LogP contribution >= 0.6 is 0 Å². The molecule has 6 heavy (non-hydrogen) atoms. The van der Waals surface area contributed by atoms with Gasteiger partial charge in [-0.1, -0.05) is 13.8 Å². The van der Waals surface area contributed by atoms with E-state index in [1.165, 1.54) is 0 Å². The monoisotopic (exact) mass is 118 g/mol. The standard InChI is InChI=1S/C4H8S2/c1-3(5)4(2)6/h5-6H,1-2H3/p-2/b4-3+. The Morgan fingerprint density at radius 1 is 1.00 bits per heavy atom. The molecule has 0 amide bonds. The summed E-state index contributed by atoms with van der Waals surface area (Å²) in [6.45, 7) is 3.66. The maximum absolute atomic E-state index is 4.68. The van der Waals surface area contributed by atoms with E-state index in [1.54, 1.807) is 0 Å². The van der Waals surface area contributed by atoms with E-state index >= 15 is 0 Å². The molecule has 0 aromatic heterocycles. The van der Waals surface area contributed by atoms with Crippen LogP contribution in [0.4, 0.5) is 0 Å². The van der Waals surface area contributed by atoms with E-state index in [0.717, 1.165) is 9.81 Å². The summed E-state index contributed by atoms with van der Waals surface area (Å²) in [4.78, 5) is 1.65. The molecule has 0 N–H and O–H groups in total. The molecule has 0 nitrogen and oxygen atoms in total. The third-order valence-corrected chi connectivity index (χ3v) is 1.24. The molecule has 0 bridgehead atoms. The van der Waals surface area contributed by atoms with Crippen LogP contribution in [0.3, 0.4) is 0 Å². The van der Waals surface area contributed by atoms with Gasteiger partial charge < -0.3 is 25.3 Å². The summed E-state index contributed by atoms with van der Waals surface area (Å²) < 4.78 is 0. The largest absolute Gasteiger partial charge is 0.786 e. The van der Waals surface area contributed by atoms with Gasteiger partial charge in [0.1, 0.15) is 0 Å². The minimum atomic E-state index is 0.824. The molecule has 0 atom stereocenters. The van der Waals surface area contributed by atoms with Crippen molar-refractivity contribution in [2.75, 3.05) is 0 Å². The molecule has 36 valence electrons. The van der Waals surface area contributed by atoms with E-state index < -0.39 is 0 Å². The number of allylic oxidation sites excluding steroid dienone is 2. The molecule has 0 rings (SSSR count). The first kappa shape index (κ1) is 6.18. The molecule has 0 spiro atoms. The molecule has 2 heteroatoms. The maximum atomic E-state index is 4.68. The van der Waals surface area contributed by atoms with Gasteiger partial charge in [0.25, 0.3) is 0 Å². The highest BCUT2D eigenvalue weighted by atomic mass is 32.1. The Balaban J connectivity index is 3.68. The Kier molecular flexibility index (Phi) is 2.44. The fourth-order valence-electron chi connectivity index (χ4n) is 0. The molecule has 0 heterocycles. The average molecular weight is 118 g/mol. The predicted molar refractivity (Wildman–Crippen MR) is 33.1 cm³/mol. The summed E-state index contributed by atoms with van der Waals surface area (Å²) in [6, 6.07) is 0. The van der Waals surface area contributed by atoms with Crippen molar-refractivity contribution >= 4 is 25.3 Å². The van der Waals surface area contributed by atoms with Crippen LogP contribution in [0.5, 0.6) is 0 Å². The van der Waals surface area contributed by atoms with Crippen molar-refractivity contribution < 1.29 is 0 Å². The lowest BCUT2D eigenvalue weighted by molar-refractivity contribution is 1.57. The summed E-state index contributed by atoms with van der Waals surface area (Å²) in [6.07, 6.45) is 0. The zero-order valence-electron chi connectivity index (χ0n) is 3.82. The van der Waals surface area contributed by atoms with Crippen molar-refractivity contribution in [3.05, 3.63) is 9.81 Å². The summed E-state index contributed by atoms with van der Waals surface area (Å²) in [5.41, 5.74) is 0. The average Bonchev–Trinajstić information content (AvgIpc) is 1.36. The van der Waals surface area contributed by atoms with Crippen LogP contribution in [0.2, 0.25) is 0 Å². The summed E-state index contributed by atoms with van der Waals surface area (Å²) >= 11 is 9.36. The second-order valence-corrected chi connectivity index (χ2v) is 2.34. The molecule has 0 saturated carbocycles. The Bertz CT molecular complexity index is 55.6. The molecule has 0 aromatic carbocycles. The van der Waals surface area contributed by atoms with E-state index in [-0.39, 0.29) is 0 Å². The number of hydrogen-bond donors (Lipinski definition) is 0. The van der Waals surface area contributed by atoms with Crippen LogP contribution in [-0.4, -0.2) is 0 Å². The Morgan fingerprint density at radius 2 is 1.17 bits per heavy atom. The van der Waals surface area contributed by atoms with Crippen molar-refractivity contribution in [1.82, 2.24) is 0 Å². The highest BCUT2D eigenvalue weighted by molar-refractivity contribution is 7.67. The lowest BCUT2D eigenvalue weighted by atomic mass is 10.6. The van der Waals surface area contributed by atoms with Crippen molar-refractivity contribution in [3.8, 4) is 0 Å². The SMILES string of the molecule is C/C([S-])=C(/C)[S-]. The van der Waals surface area contributed by atoms with Crippen molar-refractivity contribution in [3.63, 3.8) is 0 Å². The summed E-state index contributed by atoms with van der Waals surface area (Å²) in [5.74, 6) is 0. The minimum Gasteiger partial charge on any atom is -0.786 e. The highest BCUT2D eigenvalue weighted by Crippen LogP contribution is 1.94. The maximum Gasteiger partial charge on any atom is -0.0665 e. The molecule has 0 saturated heterocycles. The van der Waals surface area contributed by atoms with Gasteiger partial charge in [0.2, 0.25) is 0 Å². The fraction of sp³-hybridized carbons (Fsp3) is 0.500. The third kappa shape index (κ3) is 2.42. The van der Waals surface area contributed by atoms with Crippen LogP contribution in [0.1, 0.15) is 13.8 Å². The number of hydrogen-bond acceptors (Lipinski definition) is 2. The highest BCUT2D eigenvalue weighted by Gasteiger charge is 1.54. The Morgan fingerprint density at radius 3 is 1.17 bits per heavy atom. The molecule has 0 aromatic rings. The predicted octanol–water partition coefficient (Wildman–Crippen LogP) is 1.33. The van der Waals surface area contributed by atoms with E-state index in [1.807, 2.05) is 13.8 Å². The van der Waals surface area contributed by atoms with Crippen LogP contribution in [-0.2, 0) is 25.3 Å². The molecule has 0 radical (unpaired) electrons. The van der Waals surface area contributed by atoms with Crippen LogP contribution in [0.15, 0.2) is 9.81 Å². The van der Waals surface area contributed by atoms with E-state index in [9.17, 15) is 0 Å².